The molecular formula is C16H19N5O3. The lowest BCUT2D eigenvalue weighted by molar-refractivity contribution is -0.142. The Morgan fingerprint density at radius 1 is 1.38 bits per heavy atom. The molecule has 0 fully saturated rings. The van der Waals surface area contributed by atoms with Crippen molar-refractivity contribution in [3.05, 3.63) is 41.0 Å². The van der Waals surface area contributed by atoms with Crippen LogP contribution in [0.15, 0.2) is 12.5 Å². The normalized spacial score (nSPS) is 17.0. The minimum absolute atomic E-state index is 0.155. The molecule has 3 heterocycles. The molecule has 1 amide bonds. The fourth-order valence-corrected chi connectivity index (χ4v) is 2.80. The van der Waals surface area contributed by atoms with Crippen molar-refractivity contribution in [3.63, 3.8) is 0 Å². The lowest BCUT2D eigenvalue weighted by atomic mass is 10.0. The summed E-state index contributed by atoms with van der Waals surface area (Å²) in [6, 6.07) is -0.947. The van der Waals surface area contributed by atoms with Gasteiger partial charge in [-0.05, 0) is 6.92 Å². The molecule has 0 unspecified atom stereocenters. The van der Waals surface area contributed by atoms with Crippen LogP contribution in [-0.2, 0) is 17.8 Å². The summed E-state index contributed by atoms with van der Waals surface area (Å²) in [6.07, 6.45) is 3.19. The monoisotopic (exact) mass is 329 g/mol. The molecule has 0 saturated heterocycles. The van der Waals surface area contributed by atoms with E-state index in [0.29, 0.717) is 22.8 Å². The second kappa shape index (κ2) is 6.03. The van der Waals surface area contributed by atoms with Crippen LogP contribution in [-0.4, -0.2) is 47.9 Å². The summed E-state index contributed by atoms with van der Waals surface area (Å²) in [5.74, 6) is -0.611. The minimum atomic E-state index is -1.05. The number of hydrogen-bond acceptors (Lipinski definition) is 5. The van der Waals surface area contributed by atoms with Gasteiger partial charge < -0.3 is 15.0 Å². The molecule has 0 aromatic carbocycles. The molecule has 0 radical (unpaired) electrons. The van der Waals surface area contributed by atoms with Crippen LogP contribution >= 0.6 is 0 Å². The van der Waals surface area contributed by atoms with Crippen LogP contribution in [0.1, 0.15) is 53.0 Å². The molecule has 2 aromatic heterocycles. The molecule has 8 heteroatoms. The lowest BCUT2D eigenvalue weighted by Crippen LogP contribution is -2.49. The number of carboxylic acid groups (broad SMARTS) is 1. The average Bonchev–Trinajstić information content (AvgIpc) is 3.00. The van der Waals surface area contributed by atoms with Gasteiger partial charge in [0.25, 0.3) is 5.91 Å². The molecule has 8 nitrogen and oxygen atoms in total. The van der Waals surface area contributed by atoms with Crippen molar-refractivity contribution in [2.24, 2.45) is 0 Å². The Bertz CT molecular complexity index is 799. The van der Waals surface area contributed by atoms with Gasteiger partial charge in [0.15, 0.2) is 0 Å². The highest BCUT2D eigenvalue weighted by Gasteiger charge is 2.37. The zero-order valence-electron chi connectivity index (χ0n) is 13.8. The number of aryl methyl sites for hydroxylation is 1. The second-order valence-corrected chi connectivity index (χ2v) is 6.20. The van der Waals surface area contributed by atoms with E-state index in [-0.39, 0.29) is 24.8 Å². The molecule has 1 aliphatic rings. The highest BCUT2D eigenvalue weighted by molar-refractivity contribution is 5.97. The van der Waals surface area contributed by atoms with Gasteiger partial charge in [-0.2, -0.15) is 0 Å². The first kappa shape index (κ1) is 16.1. The molecular weight excluding hydrogens is 310 g/mol. The number of aromatic amines is 1. The van der Waals surface area contributed by atoms with Gasteiger partial charge in [-0.3, -0.25) is 4.79 Å². The fraction of sp³-hybridized carbons (Fsp3) is 0.438. The van der Waals surface area contributed by atoms with Crippen LogP contribution in [0.2, 0.25) is 0 Å². The van der Waals surface area contributed by atoms with E-state index < -0.39 is 12.0 Å². The maximum Gasteiger partial charge on any atom is 0.326 e. The third kappa shape index (κ3) is 2.75. The van der Waals surface area contributed by atoms with Crippen molar-refractivity contribution in [2.75, 3.05) is 0 Å². The largest absolute Gasteiger partial charge is 0.480 e. The third-order valence-electron chi connectivity index (χ3n) is 4.19. The summed E-state index contributed by atoms with van der Waals surface area (Å²) in [6.45, 7) is 5.86. The van der Waals surface area contributed by atoms with Crippen LogP contribution < -0.4 is 0 Å². The summed E-state index contributed by atoms with van der Waals surface area (Å²) in [5, 5.41) is 9.49. The number of fused-ring (bicyclic) bond motifs is 1. The highest BCUT2D eigenvalue weighted by Crippen LogP contribution is 2.24. The van der Waals surface area contributed by atoms with E-state index in [1.807, 2.05) is 13.8 Å². The number of rotatable bonds is 3. The second-order valence-electron chi connectivity index (χ2n) is 6.20. The van der Waals surface area contributed by atoms with E-state index >= 15 is 0 Å². The number of H-pyrrole nitrogens is 1. The number of imidazole rings is 1. The molecule has 0 saturated carbocycles. The van der Waals surface area contributed by atoms with Crippen LogP contribution in [0, 0.1) is 6.92 Å². The number of carboxylic acids is 1. The van der Waals surface area contributed by atoms with Crippen molar-refractivity contribution in [1.29, 1.82) is 0 Å². The van der Waals surface area contributed by atoms with Crippen LogP contribution in [0.25, 0.3) is 0 Å². The number of aliphatic carboxylic acids is 1. The summed E-state index contributed by atoms with van der Waals surface area (Å²) in [7, 11) is 0. The van der Waals surface area contributed by atoms with Gasteiger partial charge in [0.05, 0.1) is 35.5 Å². The molecule has 24 heavy (non-hydrogen) atoms. The van der Waals surface area contributed by atoms with Crippen molar-refractivity contribution in [1.82, 2.24) is 24.8 Å². The Morgan fingerprint density at radius 3 is 2.75 bits per heavy atom. The van der Waals surface area contributed by atoms with Gasteiger partial charge in [0, 0.05) is 18.5 Å². The highest BCUT2D eigenvalue weighted by atomic mass is 16.4. The Hall–Kier alpha value is -2.77. The standard InChI is InChI=1S/C16H19N5O3/c1-8(2)14-17-5-10(9(3)20-14)15(22)21-6-12-11(18-7-19-12)4-13(21)16(23)24/h5,7-8,13H,4,6H2,1-3H3,(H,18,19)(H,23,24)/t13-/m1/s1. The first-order chi connectivity index (χ1) is 11.4. The SMILES string of the molecule is Cc1nc(C(C)C)ncc1C(=O)N1Cc2[nH]cnc2C[C@@H]1C(=O)O. The number of carbonyl (C=O) groups is 2. The van der Waals surface area contributed by atoms with Gasteiger partial charge in [0.1, 0.15) is 11.9 Å². The number of nitrogens with one attached hydrogen (secondary N) is 1. The van der Waals surface area contributed by atoms with E-state index in [1.165, 1.54) is 17.4 Å². The van der Waals surface area contributed by atoms with Crippen LogP contribution in [0.4, 0.5) is 0 Å². The Kier molecular flexibility index (Phi) is 4.04. The van der Waals surface area contributed by atoms with E-state index in [1.54, 1.807) is 6.92 Å². The molecule has 2 aromatic rings. The van der Waals surface area contributed by atoms with Gasteiger partial charge in [-0.15, -0.1) is 0 Å². The Labute approximate surface area is 139 Å². The minimum Gasteiger partial charge on any atom is -0.480 e. The molecule has 2 N–H and O–H groups in total. The Morgan fingerprint density at radius 2 is 2.12 bits per heavy atom. The first-order valence-electron chi connectivity index (χ1n) is 7.77. The Balaban J connectivity index is 1.95. The quantitative estimate of drug-likeness (QED) is 0.877. The van der Waals surface area contributed by atoms with E-state index in [2.05, 4.69) is 19.9 Å². The molecule has 0 spiro atoms. The van der Waals surface area contributed by atoms with E-state index in [4.69, 9.17) is 0 Å². The summed E-state index contributed by atoms with van der Waals surface area (Å²) in [4.78, 5) is 41.5. The van der Waals surface area contributed by atoms with Gasteiger partial charge in [-0.25, -0.2) is 19.7 Å². The van der Waals surface area contributed by atoms with E-state index in [0.717, 1.165) is 5.69 Å². The number of hydrogen-bond donors (Lipinski definition) is 2. The molecule has 1 atom stereocenters. The zero-order valence-corrected chi connectivity index (χ0v) is 13.8. The van der Waals surface area contributed by atoms with Crippen LogP contribution in [0.5, 0.6) is 0 Å². The third-order valence-corrected chi connectivity index (χ3v) is 4.19. The number of carbonyl (C=O) groups excluding carboxylic acids is 1. The molecule has 126 valence electrons. The predicted octanol–water partition coefficient (Wildman–Crippen LogP) is 1.28. The molecule has 1 aliphatic heterocycles. The summed E-state index contributed by atoms with van der Waals surface area (Å²) >= 11 is 0. The number of aromatic nitrogens is 4. The maximum atomic E-state index is 12.9. The summed E-state index contributed by atoms with van der Waals surface area (Å²) in [5.41, 5.74) is 2.33. The molecule has 0 bridgehead atoms. The molecule has 3 rings (SSSR count). The van der Waals surface area contributed by atoms with Crippen molar-refractivity contribution >= 4 is 11.9 Å². The predicted molar refractivity (Wildman–Crippen MR) is 84.4 cm³/mol. The van der Waals surface area contributed by atoms with Crippen molar-refractivity contribution in [2.45, 2.75) is 45.7 Å². The van der Waals surface area contributed by atoms with Gasteiger partial charge in [-0.1, -0.05) is 13.8 Å². The maximum absolute atomic E-state index is 12.9. The van der Waals surface area contributed by atoms with Gasteiger partial charge >= 0.3 is 5.97 Å². The summed E-state index contributed by atoms with van der Waals surface area (Å²) < 4.78 is 0. The molecule has 0 aliphatic carbocycles. The first-order valence-corrected chi connectivity index (χ1v) is 7.77. The smallest absolute Gasteiger partial charge is 0.326 e. The average molecular weight is 329 g/mol. The van der Waals surface area contributed by atoms with Gasteiger partial charge in [0.2, 0.25) is 0 Å². The zero-order chi connectivity index (χ0) is 17.4. The van der Waals surface area contributed by atoms with Crippen LogP contribution in [0.3, 0.4) is 0 Å². The van der Waals surface area contributed by atoms with Crippen molar-refractivity contribution in [3.8, 4) is 0 Å². The van der Waals surface area contributed by atoms with E-state index in [9.17, 15) is 14.7 Å². The van der Waals surface area contributed by atoms with Crippen molar-refractivity contribution < 1.29 is 14.7 Å². The topological polar surface area (TPSA) is 112 Å². The number of nitrogens with zero attached hydrogens (tertiary/aromatic N) is 4. The lowest BCUT2D eigenvalue weighted by Gasteiger charge is -2.32. The fourth-order valence-electron chi connectivity index (χ4n) is 2.80. The number of amides is 1.